The van der Waals surface area contributed by atoms with Crippen LogP contribution in [0, 0.1) is 0 Å². The number of thioether (sulfide) groups is 1. The van der Waals surface area contributed by atoms with E-state index in [1.54, 1.807) is 22.6 Å². The maximum atomic E-state index is 10.4. The van der Waals surface area contributed by atoms with Gasteiger partial charge in [0.15, 0.2) is 0 Å². The van der Waals surface area contributed by atoms with E-state index in [1.165, 1.54) is 0 Å². The number of rotatable bonds is 3. The first-order valence-corrected chi connectivity index (χ1v) is 7.35. The molecule has 2 aromatic rings. The molecule has 2 atom stereocenters. The molecule has 2 heterocycles. The Morgan fingerprint density at radius 2 is 2.21 bits per heavy atom. The van der Waals surface area contributed by atoms with Crippen LogP contribution in [0.25, 0.3) is 5.69 Å². The second-order valence-corrected chi connectivity index (χ2v) is 5.49. The molecule has 0 bridgehead atoms. The molecule has 1 saturated heterocycles. The molecule has 0 aliphatic carbocycles. The van der Waals surface area contributed by atoms with Gasteiger partial charge in [-0.25, -0.2) is 4.68 Å². The zero-order chi connectivity index (χ0) is 13.1. The molecular formula is C13H15N3O2S. The fourth-order valence-electron chi connectivity index (χ4n) is 2.09. The van der Waals surface area contributed by atoms with Crippen molar-refractivity contribution in [1.82, 2.24) is 15.0 Å². The SMILES string of the molecule is OC(c1cnnn1-c1ccccc1)C1CSCCO1. The summed E-state index contributed by atoms with van der Waals surface area (Å²) in [5.41, 5.74) is 1.55. The number of benzene rings is 1. The highest BCUT2D eigenvalue weighted by Gasteiger charge is 2.27. The van der Waals surface area contributed by atoms with Crippen molar-refractivity contribution in [1.29, 1.82) is 0 Å². The van der Waals surface area contributed by atoms with E-state index in [-0.39, 0.29) is 6.10 Å². The van der Waals surface area contributed by atoms with Gasteiger partial charge < -0.3 is 9.84 Å². The Labute approximate surface area is 115 Å². The molecule has 1 fully saturated rings. The summed E-state index contributed by atoms with van der Waals surface area (Å²) in [6, 6.07) is 9.67. The number of nitrogens with zero attached hydrogens (tertiary/aromatic N) is 3. The van der Waals surface area contributed by atoms with Crippen LogP contribution in [-0.4, -0.2) is 44.3 Å². The first-order valence-electron chi connectivity index (χ1n) is 6.19. The van der Waals surface area contributed by atoms with Crippen LogP contribution in [0.2, 0.25) is 0 Å². The first-order chi connectivity index (χ1) is 9.36. The van der Waals surface area contributed by atoms with E-state index in [0.717, 1.165) is 17.2 Å². The Hall–Kier alpha value is -1.37. The molecule has 2 unspecified atom stereocenters. The lowest BCUT2D eigenvalue weighted by Crippen LogP contribution is -2.30. The predicted octanol–water partition coefficient (Wildman–Crippen LogP) is 1.43. The number of ether oxygens (including phenoxy) is 1. The molecule has 0 spiro atoms. The van der Waals surface area contributed by atoms with E-state index in [1.807, 2.05) is 30.3 Å². The summed E-state index contributed by atoms with van der Waals surface area (Å²) in [6.07, 6.45) is 0.697. The minimum Gasteiger partial charge on any atom is -0.384 e. The van der Waals surface area contributed by atoms with E-state index < -0.39 is 6.10 Å². The summed E-state index contributed by atoms with van der Waals surface area (Å²) < 4.78 is 7.27. The molecule has 1 aliphatic rings. The van der Waals surface area contributed by atoms with Gasteiger partial charge in [-0.2, -0.15) is 11.8 Å². The zero-order valence-electron chi connectivity index (χ0n) is 10.3. The van der Waals surface area contributed by atoms with Crippen molar-refractivity contribution in [3.05, 3.63) is 42.2 Å². The highest BCUT2D eigenvalue weighted by molar-refractivity contribution is 7.99. The molecule has 19 heavy (non-hydrogen) atoms. The number of aromatic nitrogens is 3. The van der Waals surface area contributed by atoms with Crippen molar-refractivity contribution < 1.29 is 9.84 Å². The second kappa shape index (κ2) is 5.73. The molecule has 0 saturated carbocycles. The molecule has 1 aliphatic heterocycles. The van der Waals surface area contributed by atoms with E-state index in [0.29, 0.717) is 12.3 Å². The summed E-state index contributed by atoms with van der Waals surface area (Å²) in [5, 5.41) is 18.4. The van der Waals surface area contributed by atoms with Gasteiger partial charge in [0, 0.05) is 11.5 Å². The Morgan fingerprint density at radius 1 is 1.37 bits per heavy atom. The molecule has 1 N–H and O–H groups in total. The molecule has 3 rings (SSSR count). The van der Waals surface area contributed by atoms with Crippen LogP contribution in [0.15, 0.2) is 36.5 Å². The van der Waals surface area contributed by atoms with Gasteiger partial charge in [0.1, 0.15) is 6.10 Å². The Morgan fingerprint density at radius 3 is 2.95 bits per heavy atom. The largest absolute Gasteiger partial charge is 0.384 e. The summed E-state index contributed by atoms with van der Waals surface area (Å²) in [4.78, 5) is 0. The predicted molar refractivity (Wildman–Crippen MR) is 73.4 cm³/mol. The number of aliphatic hydroxyl groups excluding tert-OH is 1. The molecule has 1 aromatic heterocycles. The first kappa shape index (κ1) is 12.7. The summed E-state index contributed by atoms with van der Waals surface area (Å²) in [6.45, 7) is 0.680. The lowest BCUT2D eigenvalue weighted by molar-refractivity contribution is -0.0255. The van der Waals surface area contributed by atoms with Crippen molar-refractivity contribution in [2.24, 2.45) is 0 Å². The topological polar surface area (TPSA) is 60.2 Å². The molecule has 1 aromatic carbocycles. The van der Waals surface area contributed by atoms with Gasteiger partial charge in [-0.05, 0) is 12.1 Å². The van der Waals surface area contributed by atoms with Crippen LogP contribution in [0.4, 0.5) is 0 Å². The van der Waals surface area contributed by atoms with Crippen LogP contribution < -0.4 is 0 Å². The van der Waals surface area contributed by atoms with Crippen LogP contribution in [-0.2, 0) is 4.74 Å². The minimum atomic E-state index is -0.706. The smallest absolute Gasteiger partial charge is 0.125 e. The van der Waals surface area contributed by atoms with Crippen molar-refractivity contribution in [2.75, 3.05) is 18.1 Å². The number of hydrogen-bond donors (Lipinski definition) is 1. The molecule has 0 amide bonds. The average Bonchev–Trinajstić information content (AvgIpc) is 2.98. The van der Waals surface area contributed by atoms with Crippen LogP contribution >= 0.6 is 11.8 Å². The minimum absolute atomic E-state index is 0.195. The van der Waals surface area contributed by atoms with Gasteiger partial charge in [0.05, 0.1) is 30.3 Å². The molecule has 100 valence electrons. The third-order valence-electron chi connectivity index (χ3n) is 3.07. The lowest BCUT2D eigenvalue weighted by Gasteiger charge is -2.26. The normalized spacial score (nSPS) is 21.2. The van der Waals surface area contributed by atoms with Crippen molar-refractivity contribution in [3.8, 4) is 5.69 Å². The zero-order valence-corrected chi connectivity index (χ0v) is 11.2. The number of para-hydroxylation sites is 1. The van der Waals surface area contributed by atoms with Gasteiger partial charge >= 0.3 is 0 Å². The van der Waals surface area contributed by atoms with Gasteiger partial charge in [-0.1, -0.05) is 23.4 Å². The Bertz CT molecular complexity index is 526. The number of hydrogen-bond acceptors (Lipinski definition) is 5. The van der Waals surface area contributed by atoms with E-state index in [4.69, 9.17) is 4.74 Å². The summed E-state index contributed by atoms with van der Waals surface area (Å²) in [5.74, 6) is 1.78. The maximum Gasteiger partial charge on any atom is 0.125 e. The van der Waals surface area contributed by atoms with Gasteiger partial charge in [-0.3, -0.25) is 0 Å². The van der Waals surface area contributed by atoms with E-state index in [2.05, 4.69) is 10.3 Å². The standard InChI is InChI=1S/C13H15N3O2S/c17-13(12-9-19-7-6-18-12)11-8-14-15-16(11)10-4-2-1-3-5-10/h1-5,8,12-13,17H,6-7,9H2. The third kappa shape index (κ3) is 2.65. The highest BCUT2D eigenvalue weighted by Crippen LogP contribution is 2.26. The average molecular weight is 277 g/mol. The second-order valence-electron chi connectivity index (χ2n) is 4.34. The lowest BCUT2D eigenvalue weighted by atomic mass is 10.1. The fraction of sp³-hybridized carbons (Fsp3) is 0.385. The monoisotopic (exact) mass is 277 g/mol. The van der Waals surface area contributed by atoms with Gasteiger partial charge in [-0.15, -0.1) is 5.10 Å². The van der Waals surface area contributed by atoms with Crippen LogP contribution in [0.3, 0.4) is 0 Å². The molecular weight excluding hydrogens is 262 g/mol. The van der Waals surface area contributed by atoms with Gasteiger partial charge in [0.25, 0.3) is 0 Å². The van der Waals surface area contributed by atoms with Crippen molar-refractivity contribution in [2.45, 2.75) is 12.2 Å². The van der Waals surface area contributed by atoms with E-state index >= 15 is 0 Å². The fourth-order valence-corrected chi connectivity index (χ4v) is 2.98. The molecule has 6 heteroatoms. The Balaban J connectivity index is 1.87. The summed E-state index contributed by atoms with van der Waals surface area (Å²) >= 11 is 1.80. The molecule has 0 radical (unpaired) electrons. The Kier molecular flexibility index (Phi) is 3.82. The third-order valence-corrected chi connectivity index (χ3v) is 4.09. The van der Waals surface area contributed by atoms with Crippen LogP contribution in [0.1, 0.15) is 11.8 Å². The number of aliphatic hydroxyl groups is 1. The summed E-state index contributed by atoms with van der Waals surface area (Å²) in [7, 11) is 0. The van der Waals surface area contributed by atoms with Crippen molar-refractivity contribution >= 4 is 11.8 Å². The van der Waals surface area contributed by atoms with Gasteiger partial charge in [0.2, 0.25) is 0 Å². The highest BCUT2D eigenvalue weighted by atomic mass is 32.2. The molecule has 5 nitrogen and oxygen atoms in total. The van der Waals surface area contributed by atoms with E-state index in [9.17, 15) is 5.11 Å². The van der Waals surface area contributed by atoms with Crippen LogP contribution in [0.5, 0.6) is 0 Å². The quantitative estimate of drug-likeness (QED) is 0.919. The maximum absolute atomic E-state index is 10.4. The van der Waals surface area contributed by atoms with Crippen molar-refractivity contribution in [3.63, 3.8) is 0 Å².